The molecule has 0 nitrogen and oxygen atoms in total. The largest absolute Gasteiger partial charge is 0.0839 e. The van der Waals surface area contributed by atoms with E-state index in [0.717, 1.165) is 32.8 Å². The average molecular weight is 287 g/mol. The van der Waals surface area contributed by atoms with Crippen LogP contribution in [0, 0.1) is 0 Å². The predicted octanol–water partition coefficient (Wildman–Crippen LogP) is 5.74. The van der Waals surface area contributed by atoms with Crippen LogP contribution in [0.3, 0.4) is 0 Å². The van der Waals surface area contributed by atoms with E-state index < -0.39 is 0 Å². The Labute approximate surface area is 122 Å². The summed E-state index contributed by atoms with van der Waals surface area (Å²) in [5, 5.41) is 3.62. The van der Waals surface area contributed by atoms with E-state index in [1.807, 2.05) is 48.5 Å². The lowest BCUT2D eigenvalue weighted by atomic mass is 10.0. The molecule has 0 aliphatic carbocycles. The maximum atomic E-state index is 6.51. The lowest BCUT2D eigenvalue weighted by Crippen LogP contribution is -1.92. The van der Waals surface area contributed by atoms with Crippen LogP contribution in [0.15, 0.2) is 60.7 Å². The number of halogens is 2. The van der Waals surface area contributed by atoms with Gasteiger partial charge in [0.05, 0.1) is 5.02 Å². The van der Waals surface area contributed by atoms with Gasteiger partial charge in [-0.15, -0.1) is 0 Å². The smallest absolute Gasteiger partial charge is 0.0534 e. The summed E-state index contributed by atoms with van der Waals surface area (Å²) in [5.41, 5.74) is 2.20. The molecule has 0 radical (unpaired) electrons. The molecule has 0 N–H and O–H groups in total. The minimum Gasteiger partial charge on any atom is -0.0839 e. The molecule has 0 spiro atoms. The zero-order valence-electron chi connectivity index (χ0n) is 10.2. The van der Waals surface area contributed by atoms with Crippen LogP contribution in [-0.2, 0) is 6.42 Å². The molecule has 0 fully saturated rings. The van der Waals surface area contributed by atoms with E-state index in [9.17, 15) is 0 Å². The highest BCUT2D eigenvalue weighted by atomic mass is 35.5. The van der Waals surface area contributed by atoms with Gasteiger partial charge in [-0.1, -0.05) is 77.8 Å². The highest BCUT2D eigenvalue weighted by Gasteiger charge is 2.11. The first-order valence-corrected chi connectivity index (χ1v) is 6.91. The lowest BCUT2D eigenvalue weighted by molar-refractivity contribution is 1.20. The topological polar surface area (TPSA) is 0 Å². The third-order valence-corrected chi connectivity index (χ3v) is 4.03. The molecule has 0 unspecified atom stereocenters. The molecule has 94 valence electrons. The van der Waals surface area contributed by atoms with Gasteiger partial charge in [-0.3, -0.25) is 0 Å². The predicted molar refractivity (Wildman–Crippen MR) is 83.2 cm³/mol. The number of fused-ring (bicyclic) bond motifs is 1. The average Bonchev–Trinajstić information content (AvgIpc) is 2.45. The molecule has 0 saturated heterocycles. The zero-order valence-corrected chi connectivity index (χ0v) is 11.7. The molecule has 0 amide bonds. The molecule has 3 aromatic carbocycles. The molecule has 0 saturated carbocycles. The number of hydrogen-bond donors (Lipinski definition) is 0. The van der Waals surface area contributed by atoms with E-state index >= 15 is 0 Å². The maximum Gasteiger partial charge on any atom is 0.0534 e. The number of hydrogen-bond acceptors (Lipinski definition) is 0. The van der Waals surface area contributed by atoms with Crippen LogP contribution in [0.2, 0.25) is 10.0 Å². The van der Waals surface area contributed by atoms with Crippen molar-refractivity contribution < 1.29 is 0 Å². The summed E-state index contributed by atoms with van der Waals surface area (Å²) in [5.74, 6) is 0. The van der Waals surface area contributed by atoms with Crippen molar-refractivity contribution in [1.29, 1.82) is 0 Å². The fourth-order valence-corrected chi connectivity index (χ4v) is 2.94. The molecule has 0 heterocycles. The summed E-state index contributed by atoms with van der Waals surface area (Å²) in [7, 11) is 0. The minimum absolute atomic E-state index is 0.729. The Morgan fingerprint density at radius 2 is 1.47 bits per heavy atom. The van der Waals surface area contributed by atoms with E-state index in [0.29, 0.717) is 0 Å². The van der Waals surface area contributed by atoms with Gasteiger partial charge in [0.25, 0.3) is 0 Å². The summed E-state index contributed by atoms with van der Waals surface area (Å²) in [6.07, 6.45) is 0.753. The highest BCUT2D eigenvalue weighted by Crippen LogP contribution is 2.34. The van der Waals surface area contributed by atoms with Gasteiger partial charge >= 0.3 is 0 Å². The molecular weight excluding hydrogens is 275 g/mol. The monoisotopic (exact) mass is 286 g/mol. The van der Waals surface area contributed by atoms with Gasteiger partial charge in [0.2, 0.25) is 0 Å². The molecule has 0 aliphatic rings. The highest BCUT2D eigenvalue weighted by molar-refractivity contribution is 6.40. The number of rotatable bonds is 2. The molecule has 0 aliphatic heterocycles. The van der Waals surface area contributed by atoms with Gasteiger partial charge in [0.15, 0.2) is 0 Å². The summed E-state index contributed by atoms with van der Waals surface area (Å²) >= 11 is 12.9. The minimum atomic E-state index is 0.729. The Balaban J connectivity index is 2.13. The van der Waals surface area contributed by atoms with E-state index in [1.54, 1.807) is 0 Å². The first-order chi connectivity index (χ1) is 9.25. The van der Waals surface area contributed by atoms with Crippen LogP contribution >= 0.6 is 23.2 Å². The summed E-state index contributed by atoms with van der Waals surface area (Å²) in [4.78, 5) is 0. The molecule has 0 bridgehead atoms. The molecular formula is C17H12Cl2. The van der Waals surface area contributed by atoms with Crippen molar-refractivity contribution in [2.75, 3.05) is 0 Å². The Bertz CT molecular complexity index is 718. The van der Waals surface area contributed by atoms with E-state index in [2.05, 4.69) is 12.1 Å². The third kappa shape index (κ3) is 2.47. The van der Waals surface area contributed by atoms with Gasteiger partial charge in [-0.2, -0.15) is 0 Å². The van der Waals surface area contributed by atoms with E-state index in [4.69, 9.17) is 23.2 Å². The van der Waals surface area contributed by atoms with Crippen molar-refractivity contribution in [3.05, 3.63) is 81.8 Å². The zero-order chi connectivity index (χ0) is 13.2. The van der Waals surface area contributed by atoms with Crippen LogP contribution < -0.4 is 0 Å². The molecule has 0 atom stereocenters. The van der Waals surface area contributed by atoms with Crippen molar-refractivity contribution >= 4 is 34.0 Å². The second-order valence-electron chi connectivity index (χ2n) is 4.53. The Morgan fingerprint density at radius 1 is 0.789 bits per heavy atom. The van der Waals surface area contributed by atoms with Crippen LogP contribution in [0.25, 0.3) is 10.8 Å². The van der Waals surface area contributed by atoms with E-state index in [1.165, 1.54) is 5.56 Å². The maximum absolute atomic E-state index is 6.51. The fourth-order valence-electron chi connectivity index (χ4n) is 2.28. The molecule has 0 aromatic heterocycles. The summed E-state index contributed by atoms with van der Waals surface area (Å²) < 4.78 is 0. The second-order valence-corrected chi connectivity index (χ2v) is 5.32. The van der Waals surface area contributed by atoms with Gasteiger partial charge in [0.1, 0.15) is 0 Å². The Hall–Kier alpha value is -1.50. The summed E-state index contributed by atoms with van der Waals surface area (Å²) in [6, 6.07) is 20.3. The lowest BCUT2D eigenvalue weighted by Gasteiger charge is -2.10. The van der Waals surface area contributed by atoms with Crippen LogP contribution in [-0.4, -0.2) is 0 Å². The van der Waals surface area contributed by atoms with Gasteiger partial charge in [-0.25, -0.2) is 0 Å². The normalized spacial score (nSPS) is 10.8. The molecule has 2 heteroatoms. The van der Waals surface area contributed by atoms with Crippen molar-refractivity contribution in [3.8, 4) is 0 Å². The Kier molecular flexibility index (Phi) is 3.46. The van der Waals surface area contributed by atoms with E-state index in [-0.39, 0.29) is 0 Å². The van der Waals surface area contributed by atoms with Gasteiger partial charge in [0, 0.05) is 16.8 Å². The molecule has 3 aromatic rings. The first-order valence-electron chi connectivity index (χ1n) is 6.15. The second kappa shape index (κ2) is 5.24. The SMILES string of the molecule is Clc1cc2ccccc2c(Cl)c1Cc1ccccc1. The fraction of sp³-hybridized carbons (Fsp3) is 0.0588. The van der Waals surface area contributed by atoms with Crippen molar-refractivity contribution in [1.82, 2.24) is 0 Å². The Morgan fingerprint density at radius 3 is 2.26 bits per heavy atom. The standard InChI is InChI=1S/C17H12Cl2/c18-16-11-13-8-4-5-9-14(13)17(19)15(16)10-12-6-2-1-3-7-12/h1-9,11H,10H2. The first kappa shape index (κ1) is 12.5. The van der Waals surface area contributed by atoms with Crippen LogP contribution in [0.1, 0.15) is 11.1 Å². The quantitative estimate of drug-likeness (QED) is 0.564. The van der Waals surface area contributed by atoms with Crippen molar-refractivity contribution in [2.24, 2.45) is 0 Å². The molecule has 3 rings (SSSR count). The number of benzene rings is 3. The van der Waals surface area contributed by atoms with Crippen molar-refractivity contribution in [2.45, 2.75) is 6.42 Å². The van der Waals surface area contributed by atoms with Gasteiger partial charge < -0.3 is 0 Å². The van der Waals surface area contributed by atoms with Crippen LogP contribution in [0.4, 0.5) is 0 Å². The third-order valence-electron chi connectivity index (χ3n) is 3.26. The van der Waals surface area contributed by atoms with Gasteiger partial charge in [-0.05, 0) is 22.6 Å². The summed E-state index contributed by atoms with van der Waals surface area (Å²) in [6.45, 7) is 0. The van der Waals surface area contributed by atoms with Crippen molar-refractivity contribution in [3.63, 3.8) is 0 Å². The van der Waals surface area contributed by atoms with Crippen LogP contribution in [0.5, 0.6) is 0 Å². The molecule has 19 heavy (non-hydrogen) atoms.